The van der Waals surface area contributed by atoms with Crippen LogP contribution in [0.5, 0.6) is 0 Å². The molecule has 1 N–H and O–H groups in total. The standard InChI is InChI=1S/C8H10F5NO/c1-4(5-2-7(9,10)3-5)14-6(15)8(11,12)13/h4-5H,2-3H2,1H3,(H,14,15). The summed E-state index contributed by atoms with van der Waals surface area (Å²) in [5.41, 5.74) is 0. The molecule has 0 aliphatic heterocycles. The topological polar surface area (TPSA) is 29.1 Å². The first-order chi connectivity index (χ1) is 6.62. The maximum atomic E-state index is 12.4. The molecule has 88 valence electrons. The zero-order valence-corrected chi connectivity index (χ0v) is 7.87. The van der Waals surface area contributed by atoms with Gasteiger partial charge in [0.25, 0.3) is 0 Å². The average Bonchev–Trinajstić information content (AvgIpc) is 1.97. The van der Waals surface area contributed by atoms with E-state index >= 15 is 0 Å². The van der Waals surface area contributed by atoms with Crippen molar-refractivity contribution in [1.29, 1.82) is 0 Å². The molecule has 0 spiro atoms. The van der Waals surface area contributed by atoms with Crippen LogP contribution < -0.4 is 5.32 Å². The molecule has 0 aromatic rings. The van der Waals surface area contributed by atoms with Gasteiger partial charge in [-0.3, -0.25) is 4.79 Å². The highest BCUT2D eigenvalue weighted by atomic mass is 19.4. The third-order valence-corrected chi connectivity index (χ3v) is 2.44. The lowest BCUT2D eigenvalue weighted by atomic mass is 9.77. The lowest BCUT2D eigenvalue weighted by Gasteiger charge is -2.38. The highest BCUT2D eigenvalue weighted by Crippen LogP contribution is 2.44. The van der Waals surface area contributed by atoms with Crippen molar-refractivity contribution in [3.8, 4) is 0 Å². The molecule has 0 heterocycles. The molecule has 1 unspecified atom stereocenters. The van der Waals surface area contributed by atoms with Gasteiger partial charge >= 0.3 is 12.1 Å². The van der Waals surface area contributed by atoms with Gasteiger partial charge in [-0.15, -0.1) is 0 Å². The van der Waals surface area contributed by atoms with Crippen LogP contribution in [0.4, 0.5) is 22.0 Å². The number of rotatable bonds is 2. The van der Waals surface area contributed by atoms with E-state index in [1.54, 1.807) is 5.32 Å². The van der Waals surface area contributed by atoms with Gasteiger partial charge in [-0.1, -0.05) is 0 Å². The minimum atomic E-state index is -4.96. The second kappa shape index (κ2) is 3.61. The zero-order chi connectivity index (χ0) is 11.9. The van der Waals surface area contributed by atoms with Gasteiger partial charge in [0.15, 0.2) is 0 Å². The fourth-order valence-corrected chi connectivity index (χ4v) is 1.47. The third kappa shape index (κ3) is 3.04. The molecule has 0 radical (unpaired) electrons. The van der Waals surface area contributed by atoms with Crippen LogP contribution in [0, 0.1) is 5.92 Å². The third-order valence-electron chi connectivity index (χ3n) is 2.44. The molecule has 1 amide bonds. The highest BCUT2D eigenvalue weighted by Gasteiger charge is 2.49. The van der Waals surface area contributed by atoms with Crippen LogP contribution in [-0.4, -0.2) is 24.0 Å². The van der Waals surface area contributed by atoms with E-state index in [1.807, 2.05) is 0 Å². The molecule has 1 rings (SSSR count). The van der Waals surface area contributed by atoms with Crippen LogP contribution in [-0.2, 0) is 4.79 Å². The smallest absolute Gasteiger partial charge is 0.346 e. The van der Waals surface area contributed by atoms with Crippen molar-refractivity contribution in [3.63, 3.8) is 0 Å². The van der Waals surface area contributed by atoms with Gasteiger partial charge in [-0.05, 0) is 12.8 Å². The Balaban J connectivity index is 2.38. The van der Waals surface area contributed by atoms with Crippen molar-refractivity contribution >= 4 is 5.91 Å². The first-order valence-corrected chi connectivity index (χ1v) is 4.37. The molecule has 1 atom stereocenters. The van der Waals surface area contributed by atoms with Gasteiger partial charge in [-0.25, -0.2) is 8.78 Å². The Labute approximate surface area is 82.8 Å². The van der Waals surface area contributed by atoms with Gasteiger partial charge in [0.1, 0.15) is 0 Å². The largest absolute Gasteiger partial charge is 0.471 e. The predicted octanol–water partition coefficient (Wildman–Crippen LogP) is 2.10. The molecule has 1 saturated carbocycles. The Bertz CT molecular complexity index is 254. The molecule has 15 heavy (non-hydrogen) atoms. The Kier molecular flexibility index (Phi) is 2.93. The van der Waals surface area contributed by atoms with Crippen LogP contribution in [0.25, 0.3) is 0 Å². The number of alkyl halides is 5. The van der Waals surface area contributed by atoms with E-state index in [4.69, 9.17) is 0 Å². The summed E-state index contributed by atoms with van der Waals surface area (Å²) in [6, 6.07) is -0.876. The van der Waals surface area contributed by atoms with Gasteiger partial charge < -0.3 is 5.32 Å². The second-order valence-corrected chi connectivity index (χ2v) is 3.78. The molecular weight excluding hydrogens is 221 g/mol. The minimum Gasteiger partial charge on any atom is -0.346 e. The van der Waals surface area contributed by atoms with E-state index in [2.05, 4.69) is 0 Å². The van der Waals surface area contributed by atoms with Crippen LogP contribution in [0.1, 0.15) is 19.8 Å². The SMILES string of the molecule is CC(NC(=O)C(F)(F)F)C1CC(F)(F)C1. The summed E-state index contributed by atoms with van der Waals surface area (Å²) >= 11 is 0. The Morgan fingerprint density at radius 1 is 1.40 bits per heavy atom. The van der Waals surface area contributed by atoms with E-state index < -0.39 is 42.8 Å². The number of carbonyl (C=O) groups is 1. The summed E-state index contributed by atoms with van der Waals surface area (Å²) in [5, 5.41) is 1.66. The molecule has 0 aromatic carbocycles. The normalized spacial score (nSPS) is 23.1. The first kappa shape index (κ1) is 12.2. The summed E-state index contributed by atoms with van der Waals surface area (Å²) in [6.07, 6.45) is -5.89. The molecule has 1 fully saturated rings. The lowest BCUT2D eigenvalue weighted by Crippen LogP contribution is -2.51. The average molecular weight is 231 g/mol. The predicted molar refractivity (Wildman–Crippen MR) is 41.3 cm³/mol. The summed E-state index contributed by atoms with van der Waals surface area (Å²) < 4.78 is 60.1. The summed E-state index contributed by atoms with van der Waals surface area (Å²) in [6.45, 7) is 1.30. The number of nitrogens with one attached hydrogen (secondary N) is 1. The maximum Gasteiger partial charge on any atom is 0.471 e. The monoisotopic (exact) mass is 231 g/mol. The number of carbonyl (C=O) groups excluding carboxylic acids is 1. The first-order valence-electron chi connectivity index (χ1n) is 4.37. The molecule has 0 bridgehead atoms. The fourth-order valence-electron chi connectivity index (χ4n) is 1.47. The number of amides is 1. The van der Waals surface area contributed by atoms with Crippen molar-refractivity contribution in [1.82, 2.24) is 5.32 Å². The second-order valence-electron chi connectivity index (χ2n) is 3.78. The summed E-state index contributed by atoms with van der Waals surface area (Å²) in [7, 11) is 0. The van der Waals surface area contributed by atoms with Crippen LogP contribution in [0.15, 0.2) is 0 Å². The van der Waals surface area contributed by atoms with Gasteiger partial charge in [0, 0.05) is 18.9 Å². The summed E-state index contributed by atoms with van der Waals surface area (Å²) in [4.78, 5) is 10.5. The molecule has 1 aliphatic rings. The van der Waals surface area contributed by atoms with Gasteiger partial charge in [-0.2, -0.15) is 13.2 Å². The molecule has 1 aliphatic carbocycles. The molecule has 0 saturated heterocycles. The molecule has 2 nitrogen and oxygen atoms in total. The maximum absolute atomic E-state index is 12.4. The Morgan fingerprint density at radius 3 is 2.20 bits per heavy atom. The quantitative estimate of drug-likeness (QED) is 0.724. The Hall–Kier alpha value is -0.880. The molecule has 7 heteroatoms. The van der Waals surface area contributed by atoms with Crippen LogP contribution in [0.3, 0.4) is 0 Å². The fraction of sp³-hybridized carbons (Fsp3) is 0.875. The minimum absolute atomic E-state index is 0.466. The van der Waals surface area contributed by atoms with Crippen molar-refractivity contribution in [2.45, 2.75) is 37.9 Å². The Morgan fingerprint density at radius 2 is 1.87 bits per heavy atom. The van der Waals surface area contributed by atoms with Gasteiger partial charge in [0.2, 0.25) is 5.92 Å². The number of hydrogen-bond donors (Lipinski definition) is 1. The molecule has 0 aromatic heterocycles. The van der Waals surface area contributed by atoms with Crippen LogP contribution >= 0.6 is 0 Å². The van der Waals surface area contributed by atoms with E-state index in [0.29, 0.717) is 0 Å². The van der Waals surface area contributed by atoms with Crippen molar-refractivity contribution < 1.29 is 26.7 Å². The lowest BCUT2D eigenvalue weighted by molar-refractivity contribution is -0.176. The van der Waals surface area contributed by atoms with Crippen molar-refractivity contribution in [2.75, 3.05) is 0 Å². The highest BCUT2D eigenvalue weighted by molar-refractivity contribution is 5.81. The van der Waals surface area contributed by atoms with Crippen LogP contribution in [0.2, 0.25) is 0 Å². The van der Waals surface area contributed by atoms with Crippen molar-refractivity contribution in [3.05, 3.63) is 0 Å². The van der Waals surface area contributed by atoms with Crippen molar-refractivity contribution in [2.24, 2.45) is 5.92 Å². The number of halogens is 5. The summed E-state index contributed by atoms with van der Waals surface area (Å²) in [5.74, 6) is -5.45. The zero-order valence-electron chi connectivity index (χ0n) is 7.87. The van der Waals surface area contributed by atoms with E-state index in [-0.39, 0.29) is 0 Å². The van der Waals surface area contributed by atoms with Gasteiger partial charge in [0.05, 0.1) is 0 Å². The molecular formula is C8H10F5NO. The van der Waals surface area contributed by atoms with E-state index in [9.17, 15) is 26.7 Å². The van der Waals surface area contributed by atoms with E-state index in [1.165, 1.54) is 6.92 Å². The van der Waals surface area contributed by atoms with E-state index in [0.717, 1.165) is 0 Å². The number of hydrogen-bond acceptors (Lipinski definition) is 1.